The Morgan fingerprint density at radius 1 is 0.804 bits per heavy atom. The van der Waals surface area contributed by atoms with Gasteiger partial charge in [-0.2, -0.15) is 10.5 Å². The Bertz CT molecular complexity index is 1760. The summed E-state index contributed by atoms with van der Waals surface area (Å²) in [5.41, 5.74) is 5.33. The number of nitrogens with zero attached hydrogens (tertiary/aromatic N) is 2. The van der Waals surface area contributed by atoms with Gasteiger partial charge in [-0.3, -0.25) is 0 Å². The van der Waals surface area contributed by atoms with Crippen molar-refractivity contribution in [2.24, 2.45) is 0 Å². The van der Waals surface area contributed by atoms with Crippen LogP contribution in [0.5, 0.6) is 5.75 Å². The lowest BCUT2D eigenvalue weighted by atomic mass is 9.75. The highest BCUT2D eigenvalue weighted by Gasteiger charge is 2.27. The van der Waals surface area contributed by atoms with Gasteiger partial charge >= 0.3 is 11.9 Å². The molecule has 46 heavy (non-hydrogen) atoms. The molecule has 0 amide bonds. The van der Waals surface area contributed by atoms with E-state index in [1.807, 2.05) is 36.4 Å². The van der Waals surface area contributed by atoms with Gasteiger partial charge in [-0.1, -0.05) is 60.3 Å². The molecule has 0 saturated carbocycles. The van der Waals surface area contributed by atoms with E-state index >= 15 is 0 Å². The molecule has 0 unspecified atom stereocenters. The molecule has 0 saturated heterocycles. The molecule has 3 rings (SSSR count). The second-order valence-corrected chi connectivity index (χ2v) is 12.5. The van der Waals surface area contributed by atoms with Gasteiger partial charge in [0.2, 0.25) is 0 Å². The van der Waals surface area contributed by atoms with Crippen LogP contribution in [0, 0.1) is 22.7 Å². The molecule has 0 aliphatic rings. The van der Waals surface area contributed by atoms with Gasteiger partial charge in [0.25, 0.3) is 0 Å². The molecule has 6 nitrogen and oxygen atoms in total. The number of esters is 2. The Morgan fingerprint density at radius 2 is 1.37 bits per heavy atom. The third kappa shape index (κ3) is 8.71. The third-order valence-corrected chi connectivity index (χ3v) is 8.57. The fourth-order valence-corrected chi connectivity index (χ4v) is 4.98. The predicted molar refractivity (Wildman–Crippen MR) is 182 cm³/mol. The number of carbonyl (C=O) groups is 2. The van der Waals surface area contributed by atoms with Crippen LogP contribution in [0.2, 0.25) is 0 Å². The molecule has 0 aliphatic carbocycles. The number of benzene rings is 3. The number of nitriles is 2. The van der Waals surface area contributed by atoms with Gasteiger partial charge in [0.15, 0.2) is 0 Å². The van der Waals surface area contributed by atoms with Gasteiger partial charge < -0.3 is 9.47 Å². The van der Waals surface area contributed by atoms with E-state index in [-0.39, 0.29) is 16.4 Å². The van der Waals surface area contributed by atoms with Crippen molar-refractivity contribution in [2.75, 3.05) is 0 Å². The highest BCUT2D eigenvalue weighted by Crippen LogP contribution is 2.37. The maximum atomic E-state index is 13.3. The third-order valence-electron chi connectivity index (χ3n) is 8.57. The Labute approximate surface area is 273 Å². The Balaban J connectivity index is 2.07. The fourth-order valence-electron chi connectivity index (χ4n) is 4.98. The maximum Gasteiger partial charge on any atom is 0.343 e. The normalized spacial score (nSPS) is 11.9. The first-order chi connectivity index (χ1) is 21.8. The van der Waals surface area contributed by atoms with Gasteiger partial charge in [-0.05, 0) is 126 Å². The number of hydrogen-bond donors (Lipinski definition) is 0. The monoisotopic (exact) mass is 614 g/mol. The van der Waals surface area contributed by atoms with Crippen LogP contribution in [0.25, 0.3) is 0 Å². The molecule has 0 heterocycles. The summed E-state index contributed by atoms with van der Waals surface area (Å²) in [5, 5.41) is 18.1. The number of ether oxygens (including phenoxy) is 2. The smallest absolute Gasteiger partial charge is 0.343 e. The number of hydrogen-bond acceptors (Lipinski definition) is 6. The van der Waals surface area contributed by atoms with Crippen LogP contribution < -0.4 is 4.74 Å². The first kappa shape index (κ1) is 35.3. The molecule has 0 spiro atoms. The summed E-state index contributed by atoms with van der Waals surface area (Å²) in [5.74, 6) is -0.302. The Hall–Kier alpha value is -5.20. The van der Waals surface area contributed by atoms with Crippen molar-refractivity contribution < 1.29 is 19.1 Å². The maximum absolute atomic E-state index is 13.3. The minimum Gasteiger partial charge on any atom is -0.423 e. The summed E-state index contributed by atoms with van der Waals surface area (Å²) in [7, 11) is 0. The second kappa shape index (κ2) is 15.2. The summed E-state index contributed by atoms with van der Waals surface area (Å²) in [4.78, 5) is 26.3. The summed E-state index contributed by atoms with van der Waals surface area (Å²) in [6.07, 6.45) is 6.97. The largest absolute Gasteiger partial charge is 0.423 e. The van der Waals surface area contributed by atoms with E-state index in [2.05, 4.69) is 54.2 Å². The summed E-state index contributed by atoms with van der Waals surface area (Å²) < 4.78 is 11.5. The molecule has 0 atom stereocenters. The molecule has 236 valence electrons. The Morgan fingerprint density at radius 3 is 1.91 bits per heavy atom. The van der Waals surface area contributed by atoms with Crippen molar-refractivity contribution in [3.8, 4) is 17.9 Å². The van der Waals surface area contributed by atoms with Gasteiger partial charge in [0, 0.05) is 5.57 Å². The van der Waals surface area contributed by atoms with Crippen LogP contribution in [0.1, 0.15) is 110 Å². The molecule has 0 aromatic heterocycles. The molecular weight excluding hydrogens is 572 g/mol. The lowest BCUT2D eigenvalue weighted by molar-refractivity contribution is 0.0635. The molecule has 3 aromatic carbocycles. The van der Waals surface area contributed by atoms with Gasteiger partial charge in [-0.15, -0.1) is 0 Å². The SMILES string of the molecule is C=C(C#N)/C=C\C(=C/C)OC(=O)c1ccc(C(C)(C)CC)c(Cc2cc(OC(=O)c3ccc(C#N)cc3)ccc2C(C)(C)CC)c1. The molecule has 0 aliphatic heterocycles. The second-order valence-electron chi connectivity index (χ2n) is 12.5. The number of allylic oxidation sites excluding steroid dienone is 4. The molecule has 6 heteroatoms. The zero-order chi connectivity index (χ0) is 34.1. The van der Waals surface area contributed by atoms with Gasteiger partial charge in [0.05, 0.1) is 28.8 Å². The lowest BCUT2D eigenvalue weighted by Crippen LogP contribution is -2.21. The van der Waals surface area contributed by atoms with E-state index in [4.69, 9.17) is 20.0 Å². The zero-order valence-corrected chi connectivity index (χ0v) is 27.9. The van der Waals surface area contributed by atoms with E-state index < -0.39 is 11.9 Å². The van der Waals surface area contributed by atoms with E-state index in [0.29, 0.717) is 34.6 Å². The van der Waals surface area contributed by atoms with Crippen LogP contribution in [0.4, 0.5) is 0 Å². The number of rotatable bonds is 12. The molecule has 0 bridgehead atoms. The topological polar surface area (TPSA) is 100 Å². The van der Waals surface area contributed by atoms with Crippen molar-refractivity contribution in [1.82, 2.24) is 0 Å². The average molecular weight is 615 g/mol. The van der Waals surface area contributed by atoms with Crippen LogP contribution in [-0.2, 0) is 22.0 Å². The van der Waals surface area contributed by atoms with E-state index in [9.17, 15) is 9.59 Å². The number of carbonyl (C=O) groups excluding carboxylic acids is 2. The van der Waals surface area contributed by atoms with E-state index in [0.717, 1.165) is 35.1 Å². The Kier molecular flexibility index (Phi) is 11.7. The van der Waals surface area contributed by atoms with Crippen molar-refractivity contribution >= 4 is 11.9 Å². The highest BCUT2D eigenvalue weighted by molar-refractivity contribution is 5.91. The summed E-state index contributed by atoms with van der Waals surface area (Å²) in [6.45, 7) is 18.4. The molecule has 0 N–H and O–H groups in total. The minimum atomic E-state index is -0.512. The first-order valence-electron chi connectivity index (χ1n) is 15.4. The van der Waals surface area contributed by atoms with Crippen molar-refractivity contribution in [3.63, 3.8) is 0 Å². The van der Waals surface area contributed by atoms with Crippen LogP contribution in [-0.4, -0.2) is 11.9 Å². The zero-order valence-electron chi connectivity index (χ0n) is 27.9. The van der Waals surface area contributed by atoms with Crippen molar-refractivity contribution in [2.45, 2.75) is 78.6 Å². The minimum absolute atomic E-state index is 0.164. The quantitative estimate of drug-likeness (QED) is 0.0662. The first-order valence-corrected chi connectivity index (χ1v) is 15.4. The lowest BCUT2D eigenvalue weighted by Gasteiger charge is -2.30. The van der Waals surface area contributed by atoms with E-state index in [1.54, 1.807) is 49.4 Å². The van der Waals surface area contributed by atoms with Crippen LogP contribution in [0.15, 0.2) is 96.8 Å². The fraction of sp³-hybridized carbons (Fsp3) is 0.300. The van der Waals surface area contributed by atoms with Gasteiger partial charge in [-0.25, -0.2) is 9.59 Å². The molecule has 0 fully saturated rings. The standard InChI is InChI=1S/C40H42N2O4/c1-9-33(18-12-27(4)25-41)45-38(44)30-17-20-35(39(5,6)10-2)31(22-30)23-32-24-34(19-21-36(32)40(7,8)11-3)46-37(43)29-15-13-28(26-42)14-16-29/h9,12-22,24H,4,10-11,23H2,1-3,5-8H3/b18-12-,33-9+. The highest BCUT2D eigenvalue weighted by atomic mass is 16.5. The molecule has 3 aromatic rings. The van der Waals surface area contributed by atoms with Crippen LogP contribution >= 0.6 is 0 Å². The predicted octanol–water partition coefficient (Wildman–Crippen LogP) is 9.44. The summed E-state index contributed by atoms with van der Waals surface area (Å²) >= 11 is 0. The van der Waals surface area contributed by atoms with Crippen LogP contribution in [0.3, 0.4) is 0 Å². The molecular formula is C40H42N2O4. The summed E-state index contributed by atoms with van der Waals surface area (Å²) in [6, 6.07) is 21.7. The van der Waals surface area contributed by atoms with E-state index in [1.165, 1.54) is 6.08 Å². The van der Waals surface area contributed by atoms with Crippen molar-refractivity contribution in [1.29, 1.82) is 10.5 Å². The average Bonchev–Trinajstić information content (AvgIpc) is 3.06. The van der Waals surface area contributed by atoms with Crippen molar-refractivity contribution in [3.05, 3.63) is 136 Å². The van der Waals surface area contributed by atoms with Gasteiger partial charge in [0.1, 0.15) is 11.5 Å². The molecule has 0 radical (unpaired) electrons.